The van der Waals surface area contributed by atoms with Crippen LogP contribution in [0.5, 0.6) is 0 Å². The third-order valence-electron chi connectivity index (χ3n) is 2.04. The molecule has 2 N–H and O–H groups in total. The lowest BCUT2D eigenvalue weighted by atomic mass is 10.2. The van der Waals surface area contributed by atoms with Crippen molar-refractivity contribution in [1.29, 1.82) is 0 Å². The molecule has 1 aromatic rings. The highest BCUT2D eigenvalue weighted by atomic mass is 32.1. The Bertz CT molecular complexity index is 499. The van der Waals surface area contributed by atoms with Gasteiger partial charge in [-0.2, -0.15) is 13.2 Å². The fourth-order valence-electron chi connectivity index (χ4n) is 1.35. The van der Waals surface area contributed by atoms with E-state index in [1.807, 2.05) is 0 Å². The van der Waals surface area contributed by atoms with Gasteiger partial charge < -0.3 is 10.4 Å². The van der Waals surface area contributed by atoms with Crippen LogP contribution < -0.4 is 5.32 Å². The second-order valence-corrected chi connectivity index (χ2v) is 4.90. The fraction of sp³-hybridized carbons (Fsp3) is 0.417. The van der Waals surface area contributed by atoms with Gasteiger partial charge in [0.15, 0.2) is 0 Å². The molecule has 19 heavy (non-hydrogen) atoms. The molecule has 104 valence electrons. The van der Waals surface area contributed by atoms with E-state index in [-0.39, 0.29) is 11.5 Å². The van der Waals surface area contributed by atoms with Crippen LogP contribution in [0.25, 0.3) is 0 Å². The predicted molar refractivity (Wildman–Crippen MR) is 65.9 cm³/mol. The van der Waals surface area contributed by atoms with Gasteiger partial charge in [-0.3, -0.25) is 4.79 Å². The van der Waals surface area contributed by atoms with Crippen LogP contribution >= 0.6 is 11.3 Å². The van der Waals surface area contributed by atoms with Crippen LogP contribution in [0.3, 0.4) is 0 Å². The van der Waals surface area contributed by atoms with Gasteiger partial charge in [-0.05, 0) is 19.1 Å². The van der Waals surface area contributed by atoms with E-state index < -0.39 is 24.5 Å². The monoisotopic (exact) mass is 291 g/mol. The number of hydrogen-bond acceptors (Lipinski definition) is 3. The summed E-state index contributed by atoms with van der Waals surface area (Å²) in [5, 5.41) is 10.8. The summed E-state index contributed by atoms with van der Waals surface area (Å²) in [5.41, 5.74) is 0. The third-order valence-corrected chi connectivity index (χ3v) is 3.04. The molecule has 0 bridgehead atoms. The molecule has 0 radical (unpaired) electrons. The smallest absolute Gasteiger partial charge is 0.384 e. The van der Waals surface area contributed by atoms with Gasteiger partial charge in [0.25, 0.3) is 5.91 Å². The molecule has 0 saturated heterocycles. The highest BCUT2D eigenvalue weighted by molar-refractivity contribution is 7.14. The molecule has 3 nitrogen and oxygen atoms in total. The zero-order valence-corrected chi connectivity index (χ0v) is 10.9. The van der Waals surface area contributed by atoms with Gasteiger partial charge in [0, 0.05) is 6.04 Å². The van der Waals surface area contributed by atoms with Gasteiger partial charge in [0.1, 0.15) is 6.61 Å². The van der Waals surface area contributed by atoms with Gasteiger partial charge in [-0.1, -0.05) is 11.8 Å². The largest absolute Gasteiger partial charge is 0.391 e. The molecule has 0 aliphatic carbocycles. The van der Waals surface area contributed by atoms with Crippen molar-refractivity contribution < 1.29 is 23.1 Å². The number of amides is 1. The number of rotatable bonds is 3. The van der Waals surface area contributed by atoms with E-state index in [0.29, 0.717) is 4.88 Å². The summed E-state index contributed by atoms with van der Waals surface area (Å²) in [6.45, 7) is 1.01. The lowest BCUT2D eigenvalue weighted by molar-refractivity contribution is -0.138. The number of halogens is 3. The SMILES string of the molecule is CC(CC(F)(F)F)NC(=O)c1ccc(C#CCO)s1. The lowest BCUT2D eigenvalue weighted by Gasteiger charge is -2.15. The van der Waals surface area contributed by atoms with Crippen molar-refractivity contribution in [2.75, 3.05) is 6.61 Å². The van der Waals surface area contributed by atoms with Gasteiger partial charge in [-0.25, -0.2) is 0 Å². The number of aliphatic hydroxyl groups is 1. The molecule has 0 aliphatic heterocycles. The van der Waals surface area contributed by atoms with Crippen LogP contribution in [0.15, 0.2) is 12.1 Å². The second kappa shape index (κ2) is 6.59. The number of carbonyl (C=O) groups is 1. The topological polar surface area (TPSA) is 49.3 Å². The van der Waals surface area contributed by atoms with Crippen LogP contribution in [0.1, 0.15) is 27.9 Å². The quantitative estimate of drug-likeness (QED) is 0.839. The predicted octanol–water partition coefficient (Wildman–Crippen LogP) is 2.16. The highest BCUT2D eigenvalue weighted by Gasteiger charge is 2.30. The molecule has 0 aliphatic rings. The van der Waals surface area contributed by atoms with Crippen molar-refractivity contribution in [2.24, 2.45) is 0 Å². The van der Waals surface area contributed by atoms with Gasteiger partial charge >= 0.3 is 6.18 Å². The van der Waals surface area contributed by atoms with E-state index in [0.717, 1.165) is 11.3 Å². The van der Waals surface area contributed by atoms with Crippen molar-refractivity contribution >= 4 is 17.2 Å². The fourth-order valence-corrected chi connectivity index (χ4v) is 2.13. The Morgan fingerprint density at radius 2 is 2.21 bits per heavy atom. The van der Waals surface area contributed by atoms with Crippen LogP contribution in [-0.2, 0) is 0 Å². The molecule has 7 heteroatoms. The molecule has 0 saturated carbocycles. The number of aliphatic hydroxyl groups excluding tert-OH is 1. The standard InChI is InChI=1S/C12H12F3NO2S/c1-8(7-12(13,14)15)16-11(18)10-5-4-9(19-10)3-2-6-17/h4-5,8,17H,6-7H2,1H3,(H,16,18). The van der Waals surface area contributed by atoms with Gasteiger partial charge in [0.05, 0.1) is 16.2 Å². The Hall–Kier alpha value is -1.52. The Balaban J connectivity index is 2.61. The number of thiophene rings is 1. The molecule has 0 fully saturated rings. The van der Waals surface area contributed by atoms with E-state index in [2.05, 4.69) is 17.2 Å². The minimum atomic E-state index is -4.31. The molecule has 1 amide bonds. The molecule has 0 aromatic carbocycles. The number of carbonyl (C=O) groups excluding carboxylic acids is 1. The lowest BCUT2D eigenvalue weighted by Crippen LogP contribution is -2.35. The second-order valence-electron chi connectivity index (χ2n) is 3.82. The summed E-state index contributed by atoms with van der Waals surface area (Å²) in [4.78, 5) is 12.5. The first-order chi connectivity index (χ1) is 8.81. The van der Waals surface area contributed by atoms with E-state index in [1.165, 1.54) is 13.0 Å². The Morgan fingerprint density at radius 1 is 1.53 bits per heavy atom. The first kappa shape index (κ1) is 15.5. The van der Waals surface area contributed by atoms with Crippen LogP contribution in [0, 0.1) is 11.8 Å². The summed E-state index contributed by atoms with van der Waals surface area (Å²) >= 11 is 1.06. The molecule has 0 spiro atoms. The Morgan fingerprint density at radius 3 is 2.79 bits per heavy atom. The minimum absolute atomic E-state index is 0.288. The molecular weight excluding hydrogens is 279 g/mol. The van der Waals surface area contributed by atoms with Crippen molar-refractivity contribution in [3.63, 3.8) is 0 Å². The van der Waals surface area contributed by atoms with E-state index >= 15 is 0 Å². The average molecular weight is 291 g/mol. The summed E-state index contributed by atoms with van der Waals surface area (Å²) in [6, 6.07) is 2.08. The summed E-state index contributed by atoms with van der Waals surface area (Å²) in [7, 11) is 0. The molecule has 1 aromatic heterocycles. The van der Waals surface area contributed by atoms with E-state index in [9.17, 15) is 18.0 Å². The number of nitrogens with one attached hydrogen (secondary N) is 1. The summed E-state index contributed by atoms with van der Waals surface area (Å²) < 4.78 is 36.3. The minimum Gasteiger partial charge on any atom is -0.384 e. The molecule has 1 atom stereocenters. The molecule has 1 heterocycles. The van der Waals surface area contributed by atoms with Crippen molar-refractivity contribution in [3.05, 3.63) is 21.9 Å². The van der Waals surface area contributed by atoms with Crippen LogP contribution in [0.4, 0.5) is 13.2 Å². The first-order valence-electron chi connectivity index (χ1n) is 5.39. The molecule has 1 unspecified atom stereocenters. The summed E-state index contributed by atoms with van der Waals surface area (Å²) in [6.07, 6.45) is -5.37. The zero-order valence-electron chi connectivity index (χ0n) is 10.0. The van der Waals surface area contributed by atoms with E-state index in [1.54, 1.807) is 6.07 Å². The van der Waals surface area contributed by atoms with Crippen molar-refractivity contribution in [2.45, 2.75) is 25.6 Å². The van der Waals surface area contributed by atoms with E-state index in [4.69, 9.17) is 5.11 Å². The maximum atomic E-state index is 12.1. The van der Waals surface area contributed by atoms with Gasteiger partial charge in [-0.15, -0.1) is 11.3 Å². The molecule has 1 rings (SSSR count). The Kier molecular flexibility index (Phi) is 5.39. The van der Waals surface area contributed by atoms with Crippen molar-refractivity contribution in [3.8, 4) is 11.8 Å². The number of hydrogen-bond donors (Lipinski definition) is 2. The van der Waals surface area contributed by atoms with Crippen molar-refractivity contribution in [1.82, 2.24) is 5.32 Å². The average Bonchev–Trinajstić information content (AvgIpc) is 2.72. The van der Waals surface area contributed by atoms with Crippen LogP contribution in [0.2, 0.25) is 0 Å². The maximum Gasteiger partial charge on any atom is 0.391 e. The molecular formula is C12H12F3NO2S. The van der Waals surface area contributed by atoms with Gasteiger partial charge in [0.2, 0.25) is 0 Å². The van der Waals surface area contributed by atoms with Crippen LogP contribution in [-0.4, -0.2) is 29.8 Å². The normalized spacial score (nSPS) is 12.5. The highest BCUT2D eigenvalue weighted by Crippen LogP contribution is 2.22. The number of alkyl halides is 3. The Labute approximate surface area is 112 Å². The zero-order chi connectivity index (χ0) is 14.5. The first-order valence-corrected chi connectivity index (χ1v) is 6.20. The summed E-state index contributed by atoms with van der Waals surface area (Å²) in [5.74, 6) is 4.49. The third kappa shape index (κ3) is 5.77. The maximum absolute atomic E-state index is 12.1.